The van der Waals surface area contributed by atoms with Crippen molar-refractivity contribution in [2.24, 2.45) is 11.8 Å². The standard InChI is InChI=1S/C12H19NO/c1-8-11(5-6-14-8)13-12-7-9-3-2-4-10(9)12/h2,4,8-13H,3,5-7H2,1H3. The van der Waals surface area contributed by atoms with Crippen molar-refractivity contribution >= 4 is 0 Å². The molecule has 0 spiro atoms. The van der Waals surface area contributed by atoms with Gasteiger partial charge in [-0.1, -0.05) is 12.2 Å². The van der Waals surface area contributed by atoms with Crippen molar-refractivity contribution in [1.29, 1.82) is 0 Å². The SMILES string of the molecule is CC1OCCC1NC1CC2CC=CC21. The zero-order valence-electron chi connectivity index (χ0n) is 8.78. The maximum atomic E-state index is 5.57. The van der Waals surface area contributed by atoms with Crippen LogP contribution in [-0.4, -0.2) is 24.8 Å². The molecule has 0 aromatic heterocycles. The fourth-order valence-electron chi connectivity index (χ4n) is 3.13. The molecular formula is C12H19NO. The van der Waals surface area contributed by atoms with Crippen LogP contribution in [0.1, 0.15) is 26.2 Å². The first-order chi connectivity index (χ1) is 6.84. The molecule has 78 valence electrons. The predicted octanol–water partition coefficient (Wildman–Crippen LogP) is 1.72. The number of ether oxygens (including phenoxy) is 1. The minimum atomic E-state index is 0.416. The highest BCUT2D eigenvalue weighted by Gasteiger charge is 2.42. The quantitative estimate of drug-likeness (QED) is 0.674. The van der Waals surface area contributed by atoms with Gasteiger partial charge in [0.25, 0.3) is 0 Å². The van der Waals surface area contributed by atoms with E-state index in [0.29, 0.717) is 12.1 Å². The monoisotopic (exact) mass is 193 g/mol. The molecule has 1 saturated heterocycles. The Balaban J connectivity index is 1.55. The third-order valence-corrected chi connectivity index (χ3v) is 4.17. The van der Waals surface area contributed by atoms with Gasteiger partial charge in [0.1, 0.15) is 0 Å². The molecule has 1 N–H and O–H groups in total. The van der Waals surface area contributed by atoms with E-state index in [1.165, 1.54) is 19.3 Å². The molecule has 14 heavy (non-hydrogen) atoms. The first kappa shape index (κ1) is 8.93. The number of hydrogen-bond donors (Lipinski definition) is 1. The van der Waals surface area contributed by atoms with Gasteiger partial charge in [-0.25, -0.2) is 0 Å². The molecule has 1 saturated carbocycles. The van der Waals surface area contributed by atoms with Gasteiger partial charge in [0.2, 0.25) is 0 Å². The zero-order chi connectivity index (χ0) is 9.54. The van der Waals surface area contributed by atoms with Gasteiger partial charge < -0.3 is 10.1 Å². The van der Waals surface area contributed by atoms with Crippen molar-refractivity contribution in [2.75, 3.05) is 6.61 Å². The molecule has 0 amide bonds. The Bertz CT molecular complexity index is 251. The van der Waals surface area contributed by atoms with Crippen LogP contribution < -0.4 is 5.32 Å². The molecule has 0 radical (unpaired) electrons. The van der Waals surface area contributed by atoms with Gasteiger partial charge >= 0.3 is 0 Å². The molecule has 2 aliphatic carbocycles. The van der Waals surface area contributed by atoms with E-state index in [-0.39, 0.29) is 0 Å². The summed E-state index contributed by atoms with van der Waals surface area (Å²) < 4.78 is 5.57. The summed E-state index contributed by atoms with van der Waals surface area (Å²) >= 11 is 0. The maximum Gasteiger partial charge on any atom is 0.0700 e. The van der Waals surface area contributed by atoms with Crippen LogP contribution in [-0.2, 0) is 4.74 Å². The van der Waals surface area contributed by atoms with E-state index in [4.69, 9.17) is 4.74 Å². The summed E-state index contributed by atoms with van der Waals surface area (Å²) in [6.45, 7) is 3.13. The van der Waals surface area contributed by atoms with E-state index < -0.39 is 0 Å². The van der Waals surface area contributed by atoms with Crippen LogP contribution in [0.3, 0.4) is 0 Å². The maximum absolute atomic E-state index is 5.57. The summed E-state index contributed by atoms with van der Waals surface area (Å²) in [5, 5.41) is 3.76. The molecule has 2 nitrogen and oxygen atoms in total. The normalized spacial score (nSPS) is 50.5. The molecular weight excluding hydrogens is 174 g/mol. The number of hydrogen-bond acceptors (Lipinski definition) is 2. The molecule has 1 heterocycles. The van der Waals surface area contributed by atoms with Crippen molar-refractivity contribution in [3.05, 3.63) is 12.2 Å². The molecule has 0 bridgehead atoms. The topological polar surface area (TPSA) is 21.3 Å². The van der Waals surface area contributed by atoms with Gasteiger partial charge in [0.15, 0.2) is 0 Å². The molecule has 5 unspecified atom stereocenters. The van der Waals surface area contributed by atoms with Gasteiger partial charge in [0, 0.05) is 18.7 Å². The third-order valence-electron chi connectivity index (χ3n) is 4.17. The fraction of sp³-hybridized carbons (Fsp3) is 0.833. The first-order valence-electron chi connectivity index (χ1n) is 5.89. The number of fused-ring (bicyclic) bond motifs is 1. The summed E-state index contributed by atoms with van der Waals surface area (Å²) in [6, 6.07) is 1.35. The summed E-state index contributed by atoms with van der Waals surface area (Å²) in [7, 11) is 0. The molecule has 0 aromatic carbocycles. The molecule has 1 aliphatic heterocycles. The summed E-state index contributed by atoms with van der Waals surface area (Å²) in [6.07, 6.45) is 9.07. The number of nitrogens with one attached hydrogen (secondary N) is 1. The van der Waals surface area contributed by atoms with Gasteiger partial charge in [-0.3, -0.25) is 0 Å². The van der Waals surface area contributed by atoms with Crippen LogP contribution in [0.25, 0.3) is 0 Å². The van der Waals surface area contributed by atoms with Gasteiger partial charge in [0.05, 0.1) is 6.10 Å². The lowest BCUT2D eigenvalue weighted by atomic mass is 9.71. The molecule has 2 fully saturated rings. The van der Waals surface area contributed by atoms with Gasteiger partial charge in [-0.05, 0) is 38.0 Å². The average molecular weight is 193 g/mol. The second-order valence-electron chi connectivity index (χ2n) is 4.98. The van der Waals surface area contributed by atoms with Crippen molar-refractivity contribution in [1.82, 2.24) is 5.32 Å². The van der Waals surface area contributed by atoms with Crippen LogP contribution >= 0.6 is 0 Å². The molecule has 3 aliphatic rings. The third kappa shape index (κ3) is 1.32. The van der Waals surface area contributed by atoms with Crippen molar-refractivity contribution < 1.29 is 4.74 Å². The van der Waals surface area contributed by atoms with E-state index >= 15 is 0 Å². The van der Waals surface area contributed by atoms with Crippen LogP contribution in [0.4, 0.5) is 0 Å². The lowest BCUT2D eigenvalue weighted by Crippen LogP contribution is -2.53. The Hall–Kier alpha value is -0.340. The van der Waals surface area contributed by atoms with E-state index in [9.17, 15) is 0 Å². The average Bonchev–Trinajstić information content (AvgIpc) is 2.69. The second kappa shape index (κ2) is 3.35. The van der Waals surface area contributed by atoms with Crippen molar-refractivity contribution in [3.63, 3.8) is 0 Å². The summed E-state index contributed by atoms with van der Waals surface area (Å²) in [5.74, 6) is 1.80. The van der Waals surface area contributed by atoms with Gasteiger partial charge in [-0.15, -0.1) is 0 Å². The Labute approximate surface area is 85.7 Å². The van der Waals surface area contributed by atoms with Crippen molar-refractivity contribution in [3.8, 4) is 0 Å². The van der Waals surface area contributed by atoms with Crippen LogP contribution in [0.2, 0.25) is 0 Å². The number of allylic oxidation sites excluding steroid dienone is 1. The summed E-state index contributed by atoms with van der Waals surface area (Å²) in [5.41, 5.74) is 0. The highest BCUT2D eigenvalue weighted by atomic mass is 16.5. The fourth-order valence-corrected chi connectivity index (χ4v) is 3.13. The minimum absolute atomic E-state index is 0.416. The molecule has 0 aromatic rings. The second-order valence-corrected chi connectivity index (χ2v) is 4.98. The molecule has 3 rings (SSSR count). The zero-order valence-corrected chi connectivity index (χ0v) is 8.78. The molecule has 2 heteroatoms. The Kier molecular flexibility index (Phi) is 2.14. The van der Waals surface area contributed by atoms with Crippen LogP contribution in [0, 0.1) is 11.8 Å². The highest BCUT2D eigenvalue weighted by Crippen LogP contribution is 2.43. The van der Waals surface area contributed by atoms with E-state index in [2.05, 4.69) is 24.4 Å². The summed E-state index contributed by atoms with van der Waals surface area (Å²) in [4.78, 5) is 0. The predicted molar refractivity (Wildman–Crippen MR) is 56.1 cm³/mol. The first-order valence-corrected chi connectivity index (χ1v) is 5.89. The van der Waals surface area contributed by atoms with Crippen molar-refractivity contribution in [2.45, 2.75) is 44.4 Å². The Morgan fingerprint density at radius 1 is 1.36 bits per heavy atom. The molecule has 5 atom stereocenters. The highest BCUT2D eigenvalue weighted by molar-refractivity contribution is 5.13. The van der Waals surface area contributed by atoms with Crippen LogP contribution in [0.5, 0.6) is 0 Å². The lowest BCUT2D eigenvalue weighted by Gasteiger charge is -2.42. The number of rotatable bonds is 2. The lowest BCUT2D eigenvalue weighted by molar-refractivity contribution is 0.0922. The van der Waals surface area contributed by atoms with E-state index in [1.54, 1.807) is 0 Å². The minimum Gasteiger partial charge on any atom is -0.377 e. The Morgan fingerprint density at radius 3 is 3.00 bits per heavy atom. The largest absolute Gasteiger partial charge is 0.377 e. The van der Waals surface area contributed by atoms with E-state index in [0.717, 1.165) is 24.5 Å². The Morgan fingerprint density at radius 2 is 2.29 bits per heavy atom. The smallest absolute Gasteiger partial charge is 0.0700 e. The van der Waals surface area contributed by atoms with E-state index in [1.807, 2.05) is 0 Å². The van der Waals surface area contributed by atoms with Gasteiger partial charge in [-0.2, -0.15) is 0 Å². The van der Waals surface area contributed by atoms with Crippen LogP contribution in [0.15, 0.2) is 12.2 Å².